The number of amides is 3. The second-order valence-electron chi connectivity index (χ2n) is 10.2. The van der Waals surface area contributed by atoms with Gasteiger partial charge in [0.25, 0.3) is 0 Å². The van der Waals surface area contributed by atoms with Gasteiger partial charge in [0.15, 0.2) is 5.78 Å². The molecule has 3 aromatic rings. The Kier molecular flexibility index (Phi) is 10.3. The van der Waals surface area contributed by atoms with Crippen LogP contribution in [-0.4, -0.2) is 47.0 Å². The number of ketones is 1. The summed E-state index contributed by atoms with van der Waals surface area (Å²) in [7, 11) is 0. The predicted molar refractivity (Wildman–Crippen MR) is 160 cm³/mol. The standard InChI is InChI=1S/C32H35ClN4O4/c1-21-18-25(13-14-26(21)33)35-31(40)27(12-7-17-34)36-32(41)28-19-23-10-5-6-11-24(23)20-37(28)30(39)16-15-29(38)22-8-3-2-4-9-22/h2-6,8-11,13-14,18,27-28H,7,12,15-17,19-20,34H2,1H3,(H,35,40)(H,36,41)/t27-,28-/m0/s1. The Hall–Kier alpha value is -4.01. The number of carbonyl (C=O) groups excluding carboxylic acids is 4. The van der Waals surface area contributed by atoms with E-state index < -0.39 is 18.0 Å². The largest absolute Gasteiger partial charge is 0.342 e. The minimum atomic E-state index is -0.851. The molecule has 1 heterocycles. The molecule has 0 unspecified atom stereocenters. The predicted octanol–water partition coefficient (Wildman–Crippen LogP) is 4.43. The molecule has 0 aliphatic carbocycles. The quantitative estimate of drug-likeness (QED) is 0.293. The van der Waals surface area contributed by atoms with Crippen molar-refractivity contribution < 1.29 is 19.2 Å². The number of Topliss-reactive ketones (excluding diaryl/α,β-unsaturated/α-hetero) is 1. The van der Waals surface area contributed by atoms with Crippen molar-refractivity contribution in [3.63, 3.8) is 0 Å². The molecule has 0 aromatic heterocycles. The molecule has 4 N–H and O–H groups in total. The Balaban J connectivity index is 1.50. The lowest BCUT2D eigenvalue weighted by Gasteiger charge is -2.37. The van der Waals surface area contributed by atoms with Gasteiger partial charge >= 0.3 is 0 Å². The number of anilines is 1. The van der Waals surface area contributed by atoms with Crippen LogP contribution in [0.25, 0.3) is 0 Å². The summed E-state index contributed by atoms with van der Waals surface area (Å²) in [6, 6.07) is 20.0. The number of hydrogen-bond donors (Lipinski definition) is 3. The average molecular weight is 575 g/mol. The van der Waals surface area contributed by atoms with E-state index in [-0.39, 0.29) is 37.0 Å². The first-order chi connectivity index (χ1) is 19.8. The molecular weight excluding hydrogens is 540 g/mol. The van der Waals surface area contributed by atoms with Crippen molar-refractivity contribution >= 4 is 40.8 Å². The Labute approximate surface area is 245 Å². The molecule has 41 heavy (non-hydrogen) atoms. The number of benzene rings is 3. The van der Waals surface area contributed by atoms with Gasteiger partial charge in [-0.05, 0) is 61.2 Å². The van der Waals surface area contributed by atoms with Crippen molar-refractivity contribution in [2.24, 2.45) is 5.73 Å². The monoisotopic (exact) mass is 574 g/mol. The summed E-state index contributed by atoms with van der Waals surface area (Å²) in [6.07, 6.45) is 1.19. The van der Waals surface area contributed by atoms with E-state index >= 15 is 0 Å². The van der Waals surface area contributed by atoms with Crippen LogP contribution in [-0.2, 0) is 27.3 Å². The first-order valence-corrected chi connectivity index (χ1v) is 14.2. The number of halogens is 1. The number of nitrogens with two attached hydrogens (primary N) is 1. The minimum Gasteiger partial charge on any atom is -0.342 e. The van der Waals surface area contributed by atoms with Crippen molar-refractivity contribution in [1.82, 2.24) is 10.2 Å². The number of aryl methyl sites for hydroxylation is 1. The molecule has 2 atom stereocenters. The number of carbonyl (C=O) groups is 4. The van der Waals surface area contributed by atoms with Crippen LogP contribution in [0.5, 0.6) is 0 Å². The summed E-state index contributed by atoms with van der Waals surface area (Å²) < 4.78 is 0. The minimum absolute atomic E-state index is 0.0212. The maximum Gasteiger partial charge on any atom is 0.246 e. The van der Waals surface area contributed by atoms with Gasteiger partial charge in [0.2, 0.25) is 17.7 Å². The Bertz CT molecular complexity index is 1410. The van der Waals surface area contributed by atoms with Crippen LogP contribution in [0.4, 0.5) is 5.69 Å². The third kappa shape index (κ3) is 7.80. The maximum atomic E-state index is 13.7. The fraction of sp³-hybridized carbons (Fsp3) is 0.312. The van der Waals surface area contributed by atoms with Crippen LogP contribution in [0, 0.1) is 6.92 Å². The molecule has 214 valence electrons. The Morgan fingerprint density at radius 1 is 0.976 bits per heavy atom. The number of nitrogens with zero attached hydrogens (tertiary/aromatic N) is 1. The van der Waals surface area contributed by atoms with Crippen LogP contribution < -0.4 is 16.4 Å². The Morgan fingerprint density at radius 3 is 2.39 bits per heavy atom. The summed E-state index contributed by atoms with van der Waals surface area (Å²) in [5.74, 6) is -1.22. The highest BCUT2D eigenvalue weighted by Gasteiger charge is 2.36. The van der Waals surface area contributed by atoms with Gasteiger partial charge < -0.3 is 21.3 Å². The summed E-state index contributed by atoms with van der Waals surface area (Å²) in [4.78, 5) is 54.6. The van der Waals surface area contributed by atoms with Gasteiger partial charge in [-0.25, -0.2) is 0 Å². The normalized spacial score (nSPS) is 15.0. The third-order valence-corrected chi connectivity index (χ3v) is 7.71. The molecule has 1 aliphatic rings. The van der Waals surface area contributed by atoms with Crippen LogP contribution in [0.15, 0.2) is 72.8 Å². The summed E-state index contributed by atoms with van der Waals surface area (Å²) >= 11 is 6.11. The number of fused-ring (bicyclic) bond motifs is 1. The Morgan fingerprint density at radius 2 is 1.68 bits per heavy atom. The lowest BCUT2D eigenvalue weighted by atomic mass is 9.92. The lowest BCUT2D eigenvalue weighted by Crippen LogP contribution is -2.56. The smallest absolute Gasteiger partial charge is 0.246 e. The van der Waals surface area contributed by atoms with Gasteiger partial charge in [-0.1, -0.05) is 66.2 Å². The van der Waals surface area contributed by atoms with E-state index in [9.17, 15) is 19.2 Å². The highest BCUT2D eigenvalue weighted by atomic mass is 35.5. The van der Waals surface area contributed by atoms with Crippen molar-refractivity contribution in [3.8, 4) is 0 Å². The molecular formula is C32H35ClN4O4. The molecule has 0 spiro atoms. The molecule has 0 fully saturated rings. The van der Waals surface area contributed by atoms with E-state index in [1.807, 2.05) is 37.3 Å². The van der Waals surface area contributed by atoms with E-state index in [4.69, 9.17) is 17.3 Å². The summed E-state index contributed by atoms with van der Waals surface area (Å²) in [5, 5.41) is 6.32. The van der Waals surface area contributed by atoms with E-state index in [0.29, 0.717) is 42.1 Å². The molecule has 0 bridgehead atoms. The van der Waals surface area contributed by atoms with Crippen LogP contribution >= 0.6 is 11.6 Å². The first kappa shape index (κ1) is 30.0. The molecule has 3 amide bonds. The van der Waals surface area contributed by atoms with Crippen molar-refractivity contribution in [2.45, 2.75) is 57.7 Å². The van der Waals surface area contributed by atoms with Gasteiger partial charge in [0, 0.05) is 42.1 Å². The molecule has 0 saturated heterocycles. The van der Waals surface area contributed by atoms with Gasteiger partial charge in [-0.2, -0.15) is 0 Å². The maximum absolute atomic E-state index is 13.7. The third-order valence-electron chi connectivity index (χ3n) is 7.29. The second-order valence-corrected chi connectivity index (χ2v) is 10.7. The molecule has 8 nitrogen and oxygen atoms in total. The highest BCUT2D eigenvalue weighted by molar-refractivity contribution is 6.31. The average Bonchev–Trinajstić information content (AvgIpc) is 2.99. The van der Waals surface area contributed by atoms with Crippen molar-refractivity contribution in [1.29, 1.82) is 0 Å². The first-order valence-electron chi connectivity index (χ1n) is 13.8. The summed E-state index contributed by atoms with van der Waals surface area (Å²) in [6.45, 7) is 2.44. The van der Waals surface area contributed by atoms with Gasteiger partial charge in [-0.3, -0.25) is 19.2 Å². The van der Waals surface area contributed by atoms with Gasteiger partial charge in [-0.15, -0.1) is 0 Å². The van der Waals surface area contributed by atoms with Crippen LogP contribution in [0.1, 0.15) is 52.7 Å². The topological polar surface area (TPSA) is 122 Å². The van der Waals surface area contributed by atoms with Crippen molar-refractivity contribution in [3.05, 3.63) is 100 Å². The molecule has 0 radical (unpaired) electrons. The fourth-order valence-corrected chi connectivity index (χ4v) is 5.08. The molecule has 4 rings (SSSR count). The molecule has 9 heteroatoms. The molecule has 1 aliphatic heterocycles. The second kappa shape index (κ2) is 14.1. The van der Waals surface area contributed by atoms with Gasteiger partial charge in [0.05, 0.1) is 0 Å². The van der Waals surface area contributed by atoms with Crippen LogP contribution in [0.2, 0.25) is 5.02 Å². The summed E-state index contributed by atoms with van der Waals surface area (Å²) in [5.41, 5.74) is 9.56. The van der Waals surface area contributed by atoms with E-state index in [2.05, 4.69) is 10.6 Å². The van der Waals surface area contributed by atoms with E-state index in [1.54, 1.807) is 42.5 Å². The number of rotatable bonds is 11. The van der Waals surface area contributed by atoms with Crippen molar-refractivity contribution in [2.75, 3.05) is 11.9 Å². The number of nitrogens with one attached hydrogen (secondary N) is 2. The zero-order valence-electron chi connectivity index (χ0n) is 23.1. The highest BCUT2D eigenvalue weighted by Crippen LogP contribution is 2.25. The molecule has 0 saturated carbocycles. The van der Waals surface area contributed by atoms with Crippen LogP contribution in [0.3, 0.4) is 0 Å². The molecule has 3 aromatic carbocycles. The van der Waals surface area contributed by atoms with E-state index in [0.717, 1.165) is 16.7 Å². The zero-order chi connectivity index (χ0) is 29.4. The van der Waals surface area contributed by atoms with E-state index in [1.165, 1.54) is 4.90 Å². The lowest BCUT2D eigenvalue weighted by molar-refractivity contribution is -0.142. The number of hydrogen-bond acceptors (Lipinski definition) is 5. The van der Waals surface area contributed by atoms with Gasteiger partial charge in [0.1, 0.15) is 12.1 Å². The SMILES string of the molecule is Cc1cc(NC(=O)[C@H](CCCN)NC(=O)[C@@H]2Cc3ccccc3CN2C(=O)CCC(=O)c2ccccc2)ccc1Cl. The fourth-order valence-electron chi connectivity index (χ4n) is 4.96. The zero-order valence-corrected chi connectivity index (χ0v) is 23.8.